The van der Waals surface area contributed by atoms with Gasteiger partial charge in [0.15, 0.2) is 11.1 Å². The fourth-order valence-corrected chi connectivity index (χ4v) is 5.70. The van der Waals surface area contributed by atoms with Gasteiger partial charge in [-0.25, -0.2) is 0 Å². The van der Waals surface area contributed by atoms with Gasteiger partial charge in [0, 0.05) is 11.1 Å². The van der Waals surface area contributed by atoms with Crippen molar-refractivity contribution in [2.24, 2.45) is 9.98 Å². The average molecular weight is 559 g/mol. The quantitative estimate of drug-likeness (QED) is 0.236. The Morgan fingerprint density at radius 3 is 1.52 bits per heavy atom. The largest absolute Gasteiger partial charge is 0.757 e. The van der Waals surface area contributed by atoms with Gasteiger partial charge in [-0.05, 0) is 105 Å². The number of rotatable bonds is 4. The number of nitrogens with zero attached hydrogens (tertiary/aromatic N) is 4. The monoisotopic (exact) mass is 558 g/mol. The molecular formula is C36H38N4O2. The minimum atomic E-state index is -0.621. The number of benzene rings is 4. The molecule has 0 amide bonds. The lowest BCUT2D eigenvalue weighted by Crippen LogP contribution is -2.50. The summed E-state index contributed by atoms with van der Waals surface area (Å²) in [6.07, 6.45) is 0. The van der Waals surface area contributed by atoms with Crippen LogP contribution in [0, 0.1) is 10.1 Å². The molecule has 0 atom stereocenters. The van der Waals surface area contributed by atoms with Crippen LogP contribution in [0.4, 0.5) is 0 Å². The molecule has 4 aromatic carbocycles. The van der Waals surface area contributed by atoms with E-state index in [1.807, 2.05) is 79.7 Å². The van der Waals surface area contributed by atoms with Crippen LogP contribution in [0.25, 0.3) is 33.0 Å². The molecule has 0 bridgehead atoms. The van der Waals surface area contributed by atoms with Gasteiger partial charge >= 0.3 is 5.84 Å². The molecule has 0 radical (unpaired) electrons. The number of hydrogen-bond donors (Lipinski definition) is 0. The molecule has 0 spiro atoms. The average Bonchev–Trinajstić information content (AvgIpc) is 3.24. The zero-order valence-electron chi connectivity index (χ0n) is 25.7. The van der Waals surface area contributed by atoms with E-state index in [4.69, 9.17) is 9.98 Å². The van der Waals surface area contributed by atoms with Gasteiger partial charge in [-0.2, -0.15) is 0 Å². The molecular weight excluding hydrogens is 520 g/mol. The highest BCUT2D eigenvalue weighted by Crippen LogP contribution is 2.41. The second-order valence-electron chi connectivity index (χ2n) is 13.6. The molecule has 0 fully saturated rings. The summed E-state index contributed by atoms with van der Waals surface area (Å²) in [6, 6.07) is 29.0. The van der Waals surface area contributed by atoms with Crippen molar-refractivity contribution >= 4 is 22.4 Å². The van der Waals surface area contributed by atoms with Crippen molar-refractivity contribution in [1.29, 1.82) is 0 Å². The molecule has 2 aliphatic rings. The van der Waals surface area contributed by atoms with E-state index in [-0.39, 0.29) is 0 Å². The maximum absolute atomic E-state index is 13.1. The first-order valence-corrected chi connectivity index (χ1v) is 14.5. The van der Waals surface area contributed by atoms with E-state index in [9.17, 15) is 10.1 Å². The highest BCUT2D eigenvalue weighted by Gasteiger charge is 2.59. The van der Waals surface area contributed by atoms with Gasteiger partial charge in [0.05, 0.1) is 11.1 Å². The van der Waals surface area contributed by atoms with E-state index in [0.29, 0.717) is 11.7 Å². The Kier molecular flexibility index (Phi) is 6.11. The van der Waals surface area contributed by atoms with Crippen LogP contribution >= 0.6 is 0 Å². The van der Waals surface area contributed by atoms with Crippen LogP contribution in [0.3, 0.4) is 0 Å². The number of fused-ring (bicyclic) bond motifs is 1. The number of hydroxylamine groups is 2. The van der Waals surface area contributed by atoms with E-state index in [0.717, 1.165) is 54.0 Å². The zero-order valence-corrected chi connectivity index (χ0v) is 25.7. The summed E-state index contributed by atoms with van der Waals surface area (Å²) < 4.78 is 1.05. The van der Waals surface area contributed by atoms with E-state index in [1.165, 1.54) is 0 Å². The third-order valence-electron chi connectivity index (χ3n) is 9.98. The fraction of sp³-hybridized carbons (Fsp3) is 0.333. The molecule has 2 aliphatic heterocycles. The van der Waals surface area contributed by atoms with Crippen molar-refractivity contribution in [1.82, 2.24) is 5.06 Å². The van der Waals surface area contributed by atoms with E-state index in [2.05, 4.69) is 60.7 Å². The molecule has 0 saturated heterocycles. The highest BCUT2D eigenvalue weighted by atomic mass is 16.5. The minimum Gasteiger partial charge on any atom is -0.757 e. The van der Waals surface area contributed by atoms with Gasteiger partial charge in [-0.3, -0.25) is 4.99 Å². The maximum atomic E-state index is 13.1. The molecule has 6 nitrogen and oxygen atoms in total. The van der Waals surface area contributed by atoms with Gasteiger partial charge in [0.1, 0.15) is 5.84 Å². The smallest absolute Gasteiger partial charge is 0.364 e. The van der Waals surface area contributed by atoms with Crippen LogP contribution in [0.2, 0.25) is 0 Å². The summed E-state index contributed by atoms with van der Waals surface area (Å²) in [5.74, 6) is 0.955. The standard InChI is InChI=1S/C36H38N4O2/c1-33(2)35(5,6)39(41)31(37-33)26-19-15-23(16-20-26)28-13-9-11-25-12-10-14-29(30(25)28)24-17-21-27(22-18-24)32-38-34(3,4)36(7,8)40(32)42/h9-22H,1-8H3. The van der Waals surface area contributed by atoms with Crippen molar-refractivity contribution in [3.8, 4) is 22.3 Å². The molecule has 0 aromatic heterocycles. The molecule has 6 heteroatoms. The Labute approximate surface area is 248 Å². The van der Waals surface area contributed by atoms with Gasteiger partial charge in [0.25, 0.3) is 0 Å². The lowest BCUT2D eigenvalue weighted by Gasteiger charge is -2.45. The molecule has 0 unspecified atom stereocenters. The van der Waals surface area contributed by atoms with Crippen molar-refractivity contribution in [3.63, 3.8) is 0 Å². The molecule has 0 saturated carbocycles. The highest BCUT2D eigenvalue weighted by molar-refractivity contribution is 6.07. The third kappa shape index (κ3) is 4.03. The molecule has 42 heavy (non-hydrogen) atoms. The molecule has 2 heterocycles. The summed E-state index contributed by atoms with van der Waals surface area (Å²) in [6.45, 7) is 15.8. The predicted molar refractivity (Wildman–Crippen MR) is 173 cm³/mol. The Hall–Kier alpha value is -4.16. The Bertz CT molecular complexity index is 1790. The van der Waals surface area contributed by atoms with E-state index >= 15 is 0 Å². The summed E-state index contributed by atoms with van der Waals surface area (Å²) >= 11 is 0. The molecule has 0 aliphatic carbocycles. The van der Waals surface area contributed by atoms with Crippen LogP contribution < -0.4 is 0 Å². The van der Waals surface area contributed by atoms with E-state index < -0.39 is 22.2 Å². The van der Waals surface area contributed by atoms with Gasteiger partial charge in [0.2, 0.25) is 0 Å². The molecule has 4 aromatic rings. The van der Waals surface area contributed by atoms with Crippen molar-refractivity contribution in [2.75, 3.05) is 0 Å². The molecule has 0 N–H and O–H groups in total. The lowest BCUT2D eigenvalue weighted by molar-refractivity contribution is -0.514. The SMILES string of the molecule is CC1(C)N=C(c2ccc(-c3cccc4cccc(-c5ccc(C6=NC(C)(C)C(C)(C)[N+]6=O)cc5)c34)cc2)N([O-])C1(C)C. The molecule has 214 valence electrons. The summed E-state index contributed by atoms with van der Waals surface area (Å²) in [4.78, 5) is 22.7. The Balaban J connectivity index is 1.38. The lowest BCUT2D eigenvalue weighted by atomic mass is 9.84. The first kappa shape index (κ1) is 28.0. The topological polar surface area (TPSA) is 71.1 Å². The van der Waals surface area contributed by atoms with Crippen molar-refractivity contribution in [2.45, 2.75) is 77.5 Å². The van der Waals surface area contributed by atoms with Crippen LogP contribution in [0.1, 0.15) is 66.5 Å². The first-order chi connectivity index (χ1) is 19.7. The Morgan fingerprint density at radius 2 is 1.10 bits per heavy atom. The van der Waals surface area contributed by atoms with Gasteiger partial charge in [-0.1, -0.05) is 82.7 Å². The third-order valence-corrected chi connectivity index (χ3v) is 9.98. The normalized spacial score (nSPS) is 20.1. The summed E-state index contributed by atoms with van der Waals surface area (Å²) in [5, 5.41) is 16.5. The second kappa shape index (κ2) is 9.17. The summed E-state index contributed by atoms with van der Waals surface area (Å²) in [7, 11) is 0. The van der Waals surface area contributed by atoms with Gasteiger partial charge in [-0.15, -0.1) is 0 Å². The fourth-order valence-electron chi connectivity index (χ4n) is 5.70. The van der Waals surface area contributed by atoms with Crippen LogP contribution in [0.5, 0.6) is 0 Å². The number of amidine groups is 2. The predicted octanol–water partition coefficient (Wildman–Crippen LogP) is 8.39. The van der Waals surface area contributed by atoms with Crippen molar-refractivity contribution in [3.05, 3.63) is 106 Å². The molecule has 6 rings (SSSR count). The van der Waals surface area contributed by atoms with E-state index in [1.54, 1.807) is 0 Å². The first-order valence-electron chi connectivity index (χ1n) is 14.5. The van der Waals surface area contributed by atoms with Crippen LogP contribution in [0.15, 0.2) is 94.9 Å². The van der Waals surface area contributed by atoms with Crippen LogP contribution in [-0.4, -0.2) is 43.7 Å². The Morgan fingerprint density at radius 1 is 0.619 bits per heavy atom. The number of aliphatic imine (C=N–C) groups is 2. The summed E-state index contributed by atoms with van der Waals surface area (Å²) in [5.41, 5.74) is 3.78. The van der Waals surface area contributed by atoms with Crippen LogP contribution in [-0.2, 0) is 0 Å². The number of hydrogen-bond acceptors (Lipinski definition) is 5. The second-order valence-corrected chi connectivity index (χ2v) is 13.6. The van der Waals surface area contributed by atoms with Crippen molar-refractivity contribution < 1.29 is 4.76 Å². The number of nitroso groups, excluding NO2 is 1. The minimum absolute atomic E-state index is 0.477. The van der Waals surface area contributed by atoms with Gasteiger partial charge < -0.3 is 10.3 Å². The zero-order chi connectivity index (χ0) is 30.2. The maximum Gasteiger partial charge on any atom is 0.364 e.